The molecule has 170 valence electrons. The van der Waals surface area contributed by atoms with Gasteiger partial charge >= 0.3 is 5.97 Å². The lowest BCUT2D eigenvalue weighted by Crippen LogP contribution is -2.21. The van der Waals surface area contributed by atoms with E-state index in [2.05, 4.69) is 16.4 Å². The first-order valence-electron chi connectivity index (χ1n) is 11.1. The van der Waals surface area contributed by atoms with Gasteiger partial charge in [0.05, 0.1) is 23.4 Å². The zero-order valence-corrected chi connectivity index (χ0v) is 19.0. The number of nitrogens with zero attached hydrogens (tertiary/aromatic N) is 2. The summed E-state index contributed by atoms with van der Waals surface area (Å²) in [4.78, 5) is 24.6. The Hall–Kier alpha value is -3.32. The number of aromatic nitrogens is 3. The maximum atomic E-state index is 11.3. The molecular weight excluding hydrogens is 440 g/mol. The van der Waals surface area contributed by atoms with Crippen LogP contribution in [0.15, 0.2) is 42.5 Å². The van der Waals surface area contributed by atoms with E-state index in [1.807, 2.05) is 36.4 Å². The second-order valence-electron chi connectivity index (χ2n) is 8.53. The van der Waals surface area contributed by atoms with Crippen LogP contribution in [0.25, 0.3) is 21.9 Å². The number of fused-ring (bicyclic) bond motifs is 3. The van der Waals surface area contributed by atoms with Crippen molar-refractivity contribution in [2.45, 2.75) is 38.1 Å². The highest BCUT2D eigenvalue weighted by Gasteiger charge is 2.29. The van der Waals surface area contributed by atoms with Crippen LogP contribution in [-0.4, -0.2) is 33.1 Å². The van der Waals surface area contributed by atoms with E-state index in [9.17, 15) is 9.90 Å². The normalized spacial score (nSPS) is 18.5. The number of aliphatic carboxylic acids is 1. The largest absolute Gasteiger partial charge is 0.495 e. The number of para-hydroxylation sites is 1. The number of carbonyl (C=O) groups is 1. The molecule has 0 spiro atoms. The monoisotopic (exact) mass is 464 g/mol. The van der Waals surface area contributed by atoms with Gasteiger partial charge in [0.15, 0.2) is 0 Å². The summed E-state index contributed by atoms with van der Waals surface area (Å²) in [5.41, 5.74) is 2.80. The molecule has 4 aromatic rings. The minimum absolute atomic E-state index is 0.146. The lowest BCUT2D eigenvalue weighted by molar-refractivity contribution is -0.142. The molecule has 0 unspecified atom stereocenters. The van der Waals surface area contributed by atoms with Gasteiger partial charge in [-0.05, 0) is 49.4 Å². The van der Waals surface area contributed by atoms with Crippen molar-refractivity contribution in [2.24, 2.45) is 5.92 Å². The van der Waals surface area contributed by atoms with E-state index in [4.69, 9.17) is 26.3 Å². The number of methoxy groups -OCH3 is 1. The molecule has 0 amide bonds. The Kier molecular flexibility index (Phi) is 5.81. The van der Waals surface area contributed by atoms with Crippen molar-refractivity contribution in [1.29, 1.82) is 0 Å². The predicted molar refractivity (Wildman–Crippen MR) is 129 cm³/mol. The van der Waals surface area contributed by atoms with Crippen molar-refractivity contribution in [1.82, 2.24) is 15.0 Å². The van der Waals surface area contributed by atoms with Crippen LogP contribution < -0.4 is 10.1 Å². The number of carboxylic acid groups (broad SMARTS) is 1. The van der Waals surface area contributed by atoms with E-state index in [0.29, 0.717) is 30.2 Å². The van der Waals surface area contributed by atoms with Gasteiger partial charge in [-0.2, -0.15) is 0 Å². The molecule has 1 saturated carbocycles. The summed E-state index contributed by atoms with van der Waals surface area (Å²) >= 11 is 6.30. The molecule has 0 aliphatic heterocycles. The maximum Gasteiger partial charge on any atom is 0.306 e. The average Bonchev–Trinajstić information content (AvgIpc) is 3.21. The van der Waals surface area contributed by atoms with Crippen LogP contribution >= 0.6 is 11.6 Å². The van der Waals surface area contributed by atoms with Gasteiger partial charge in [0, 0.05) is 23.4 Å². The smallest absolute Gasteiger partial charge is 0.306 e. The van der Waals surface area contributed by atoms with E-state index in [0.717, 1.165) is 52.0 Å². The summed E-state index contributed by atoms with van der Waals surface area (Å²) in [5.74, 6) is 1.33. The Morgan fingerprint density at radius 2 is 1.97 bits per heavy atom. The van der Waals surface area contributed by atoms with Gasteiger partial charge in [-0.3, -0.25) is 4.79 Å². The highest BCUT2D eigenvalue weighted by atomic mass is 35.5. The fraction of sp³-hybridized carbons (Fsp3) is 0.320. The van der Waals surface area contributed by atoms with Gasteiger partial charge in [0.1, 0.15) is 23.0 Å². The van der Waals surface area contributed by atoms with Crippen molar-refractivity contribution in [3.05, 3.63) is 58.9 Å². The zero-order chi connectivity index (χ0) is 22.9. The lowest BCUT2D eigenvalue weighted by atomic mass is 9.81. The third-order valence-corrected chi connectivity index (χ3v) is 6.79. The lowest BCUT2D eigenvalue weighted by Gasteiger charge is -2.25. The first-order valence-corrected chi connectivity index (χ1v) is 11.5. The Bertz CT molecular complexity index is 1330. The molecule has 33 heavy (non-hydrogen) atoms. The van der Waals surface area contributed by atoms with Gasteiger partial charge in [-0.25, -0.2) is 9.97 Å². The van der Waals surface area contributed by atoms with Gasteiger partial charge in [0.25, 0.3) is 0 Å². The summed E-state index contributed by atoms with van der Waals surface area (Å²) < 4.78 is 5.25. The standard InChI is InChI=1S/C25H25ClN4O3/c1-33-20-11-6-14(12-18(20)26)13-27-23-21-17-4-2-3-5-19(17)28-24(21)30-22(29-23)15-7-9-16(10-8-15)25(31)32/h2-6,11-12,15-16H,7-10,13H2,1H3,(H,31,32)(H2,27,28,29,30). The predicted octanol–water partition coefficient (Wildman–Crippen LogP) is 5.74. The van der Waals surface area contributed by atoms with Crippen molar-refractivity contribution >= 4 is 45.3 Å². The van der Waals surface area contributed by atoms with Gasteiger partial charge in [-0.15, -0.1) is 0 Å². The van der Waals surface area contributed by atoms with Crippen LogP contribution in [0.3, 0.4) is 0 Å². The summed E-state index contributed by atoms with van der Waals surface area (Å²) in [6, 6.07) is 13.8. The molecule has 1 aliphatic carbocycles. The quantitative estimate of drug-likeness (QED) is 0.336. The highest BCUT2D eigenvalue weighted by Crippen LogP contribution is 2.37. The molecule has 5 rings (SSSR count). The van der Waals surface area contributed by atoms with Crippen molar-refractivity contribution in [3.63, 3.8) is 0 Å². The molecule has 2 heterocycles. The molecule has 2 aromatic heterocycles. The third kappa shape index (κ3) is 4.20. The fourth-order valence-electron chi connectivity index (χ4n) is 4.68. The van der Waals surface area contributed by atoms with E-state index in [-0.39, 0.29) is 11.8 Å². The molecule has 0 bridgehead atoms. The number of nitrogens with one attached hydrogen (secondary N) is 2. The maximum absolute atomic E-state index is 11.3. The van der Waals surface area contributed by atoms with Gasteiger partial charge in [-0.1, -0.05) is 35.9 Å². The summed E-state index contributed by atoms with van der Waals surface area (Å²) in [6.07, 6.45) is 2.86. The van der Waals surface area contributed by atoms with Crippen LogP contribution in [0, 0.1) is 5.92 Å². The summed E-state index contributed by atoms with van der Waals surface area (Å²) in [7, 11) is 1.60. The Morgan fingerprint density at radius 3 is 2.70 bits per heavy atom. The first-order chi connectivity index (χ1) is 16.0. The van der Waals surface area contributed by atoms with E-state index in [1.54, 1.807) is 7.11 Å². The van der Waals surface area contributed by atoms with Gasteiger partial charge < -0.3 is 20.1 Å². The van der Waals surface area contributed by atoms with Crippen molar-refractivity contribution < 1.29 is 14.6 Å². The molecule has 0 radical (unpaired) electrons. The second-order valence-corrected chi connectivity index (χ2v) is 8.94. The number of rotatable bonds is 6. The van der Waals surface area contributed by atoms with E-state index < -0.39 is 5.97 Å². The number of H-pyrrole nitrogens is 1. The second kappa shape index (κ2) is 8.90. The SMILES string of the molecule is COc1ccc(CNc2nc(C3CCC(C(=O)O)CC3)nc3[nH]c4ccccc4c23)cc1Cl. The van der Waals surface area contributed by atoms with Crippen molar-refractivity contribution in [2.75, 3.05) is 12.4 Å². The number of benzene rings is 2. The first kappa shape index (κ1) is 21.5. The minimum Gasteiger partial charge on any atom is -0.495 e. The average molecular weight is 465 g/mol. The number of aromatic amines is 1. The molecule has 7 nitrogen and oxygen atoms in total. The van der Waals surface area contributed by atoms with Crippen LogP contribution in [0.5, 0.6) is 5.75 Å². The number of carboxylic acids is 1. The number of halogens is 1. The molecule has 8 heteroatoms. The Labute approximate surface area is 196 Å². The Morgan fingerprint density at radius 1 is 1.18 bits per heavy atom. The summed E-state index contributed by atoms with van der Waals surface area (Å²) in [5, 5.41) is 15.4. The van der Waals surface area contributed by atoms with E-state index in [1.165, 1.54) is 0 Å². The Balaban J connectivity index is 1.50. The molecule has 0 saturated heterocycles. The zero-order valence-electron chi connectivity index (χ0n) is 18.3. The third-order valence-electron chi connectivity index (χ3n) is 6.49. The number of hydrogen-bond donors (Lipinski definition) is 3. The molecule has 1 fully saturated rings. The fourth-order valence-corrected chi connectivity index (χ4v) is 4.96. The highest BCUT2D eigenvalue weighted by molar-refractivity contribution is 6.32. The van der Waals surface area contributed by atoms with Crippen LogP contribution in [0.1, 0.15) is 43.0 Å². The molecule has 2 aromatic carbocycles. The van der Waals surface area contributed by atoms with Crippen molar-refractivity contribution in [3.8, 4) is 5.75 Å². The molecule has 3 N–H and O–H groups in total. The number of hydrogen-bond acceptors (Lipinski definition) is 5. The van der Waals surface area contributed by atoms with Gasteiger partial charge in [0.2, 0.25) is 0 Å². The molecular formula is C25H25ClN4O3. The summed E-state index contributed by atoms with van der Waals surface area (Å²) in [6.45, 7) is 0.542. The molecule has 0 atom stereocenters. The van der Waals surface area contributed by atoms with Crippen LogP contribution in [0.4, 0.5) is 5.82 Å². The van der Waals surface area contributed by atoms with Crippen LogP contribution in [-0.2, 0) is 11.3 Å². The topological polar surface area (TPSA) is 100 Å². The number of anilines is 1. The van der Waals surface area contributed by atoms with E-state index >= 15 is 0 Å². The van der Waals surface area contributed by atoms with Crippen LogP contribution in [0.2, 0.25) is 5.02 Å². The number of ether oxygens (including phenoxy) is 1. The molecule has 1 aliphatic rings. The minimum atomic E-state index is -0.707.